The molecule has 0 aromatic heterocycles. The molecule has 2 amide bonds. The molecule has 1 aromatic rings. The summed E-state index contributed by atoms with van der Waals surface area (Å²) in [5.41, 5.74) is 1.18. The number of carbonyl (C=O) groups is 1. The van der Waals surface area contributed by atoms with Crippen LogP contribution < -0.4 is 5.32 Å². The number of amides is 2. The van der Waals surface area contributed by atoms with Crippen LogP contribution in [0.1, 0.15) is 45.1 Å². The highest BCUT2D eigenvalue weighted by atomic mass is 16.3. The van der Waals surface area contributed by atoms with E-state index in [9.17, 15) is 9.90 Å². The molecular weight excluding hydrogens is 264 g/mol. The topological polar surface area (TPSA) is 52.6 Å². The van der Waals surface area contributed by atoms with Crippen LogP contribution in [0.4, 0.5) is 4.79 Å². The number of aryl methyl sites for hydroxylation is 1. The molecular formula is C17H26N2O2. The van der Waals surface area contributed by atoms with Gasteiger partial charge in [-0.05, 0) is 63.6 Å². The largest absolute Gasteiger partial charge is 0.508 e. The third-order valence-electron chi connectivity index (χ3n) is 4.24. The third-order valence-corrected chi connectivity index (χ3v) is 4.24. The quantitative estimate of drug-likeness (QED) is 0.894. The van der Waals surface area contributed by atoms with Crippen molar-refractivity contribution in [2.45, 2.75) is 58.0 Å². The summed E-state index contributed by atoms with van der Waals surface area (Å²) in [7, 11) is 0. The lowest BCUT2D eigenvalue weighted by Crippen LogP contribution is -2.49. The van der Waals surface area contributed by atoms with Gasteiger partial charge in [0.05, 0.1) is 0 Å². The molecule has 4 heteroatoms. The number of urea groups is 1. The van der Waals surface area contributed by atoms with E-state index in [0.717, 1.165) is 32.2 Å². The van der Waals surface area contributed by atoms with Gasteiger partial charge in [-0.15, -0.1) is 0 Å². The number of aromatic hydroxyl groups is 1. The summed E-state index contributed by atoms with van der Waals surface area (Å²) in [5.74, 6) is 0.291. The SMILES string of the molecule is CC(CCc1ccc(O)cc1)NC(=O)N1CCCCC1C. The fourth-order valence-corrected chi connectivity index (χ4v) is 2.81. The fourth-order valence-electron chi connectivity index (χ4n) is 2.81. The van der Waals surface area contributed by atoms with Crippen LogP contribution in [-0.4, -0.2) is 34.7 Å². The minimum absolute atomic E-state index is 0.0698. The summed E-state index contributed by atoms with van der Waals surface area (Å²) in [4.78, 5) is 14.2. The first-order valence-corrected chi connectivity index (χ1v) is 7.91. The molecule has 1 fully saturated rings. The Balaban J connectivity index is 1.77. The number of hydrogen-bond donors (Lipinski definition) is 2. The maximum Gasteiger partial charge on any atom is 0.317 e. The van der Waals surface area contributed by atoms with Crippen molar-refractivity contribution in [2.75, 3.05) is 6.54 Å². The molecule has 0 spiro atoms. The van der Waals surface area contributed by atoms with E-state index in [0.29, 0.717) is 11.8 Å². The Hall–Kier alpha value is -1.71. The number of carbonyl (C=O) groups excluding carboxylic acids is 1. The zero-order chi connectivity index (χ0) is 15.2. The van der Waals surface area contributed by atoms with Gasteiger partial charge in [-0.1, -0.05) is 12.1 Å². The van der Waals surface area contributed by atoms with Crippen LogP contribution in [0.5, 0.6) is 5.75 Å². The molecule has 2 unspecified atom stereocenters. The molecule has 2 rings (SSSR count). The van der Waals surface area contributed by atoms with Gasteiger partial charge < -0.3 is 15.3 Å². The lowest BCUT2D eigenvalue weighted by molar-refractivity contribution is 0.155. The van der Waals surface area contributed by atoms with E-state index in [1.54, 1.807) is 12.1 Å². The third kappa shape index (κ3) is 4.66. The summed E-state index contributed by atoms with van der Waals surface area (Å²) in [6.07, 6.45) is 5.24. The molecule has 2 N–H and O–H groups in total. The van der Waals surface area contributed by atoms with Gasteiger partial charge in [-0.3, -0.25) is 0 Å². The second-order valence-corrected chi connectivity index (χ2v) is 6.09. The van der Waals surface area contributed by atoms with Gasteiger partial charge in [0.25, 0.3) is 0 Å². The lowest BCUT2D eigenvalue weighted by Gasteiger charge is -2.34. The number of likely N-dealkylation sites (tertiary alicyclic amines) is 1. The first-order chi connectivity index (χ1) is 10.1. The number of hydrogen-bond acceptors (Lipinski definition) is 2. The van der Waals surface area contributed by atoms with Gasteiger partial charge in [0.2, 0.25) is 0 Å². The second kappa shape index (κ2) is 7.34. The molecule has 21 heavy (non-hydrogen) atoms. The van der Waals surface area contributed by atoms with Crippen molar-refractivity contribution in [3.05, 3.63) is 29.8 Å². The Labute approximate surface area is 127 Å². The monoisotopic (exact) mass is 290 g/mol. The van der Waals surface area contributed by atoms with Crippen LogP contribution in [0.3, 0.4) is 0 Å². The molecule has 116 valence electrons. The molecule has 1 saturated heterocycles. The van der Waals surface area contributed by atoms with E-state index in [1.165, 1.54) is 12.0 Å². The van der Waals surface area contributed by atoms with Crippen LogP contribution in [0.25, 0.3) is 0 Å². The summed E-state index contributed by atoms with van der Waals surface area (Å²) >= 11 is 0. The average molecular weight is 290 g/mol. The maximum atomic E-state index is 12.3. The minimum atomic E-state index is 0.0698. The molecule has 1 aliphatic rings. The van der Waals surface area contributed by atoms with Gasteiger partial charge >= 0.3 is 6.03 Å². The highest BCUT2D eigenvalue weighted by Crippen LogP contribution is 2.17. The summed E-state index contributed by atoms with van der Waals surface area (Å²) in [5, 5.41) is 12.4. The van der Waals surface area contributed by atoms with Crippen molar-refractivity contribution in [1.29, 1.82) is 0 Å². The van der Waals surface area contributed by atoms with Crippen molar-refractivity contribution in [3.63, 3.8) is 0 Å². The molecule has 0 aliphatic carbocycles. The van der Waals surface area contributed by atoms with E-state index in [-0.39, 0.29) is 12.1 Å². The predicted molar refractivity (Wildman–Crippen MR) is 84.4 cm³/mol. The number of phenols is 1. The highest BCUT2D eigenvalue weighted by Gasteiger charge is 2.23. The van der Waals surface area contributed by atoms with Crippen molar-refractivity contribution >= 4 is 6.03 Å². The number of piperidine rings is 1. The second-order valence-electron chi connectivity index (χ2n) is 6.09. The van der Waals surface area contributed by atoms with Gasteiger partial charge in [0, 0.05) is 18.6 Å². The minimum Gasteiger partial charge on any atom is -0.508 e. The highest BCUT2D eigenvalue weighted by molar-refractivity contribution is 5.74. The van der Waals surface area contributed by atoms with Crippen molar-refractivity contribution < 1.29 is 9.90 Å². The molecule has 1 aliphatic heterocycles. The molecule has 0 saturated carbocycles. The van der Waals surface area contributed by atoms with Crippen LogP contribution >= 0.6 is 0 Å². The Morgan fingerprint density at radius 3 is 2.76 bits per heavy atom. The molecule has 0 bridgehead atoms. The Bertz CT molecular complexity index is 458. The number of benzene rings is 1. The molecule has 0 radical (unpaired) electrons. The Morgan fingerprint density at radius 2 is 2.10 bits per heavy atom. The number of phenolic OH excluding ortho intramolecular Hbond substituents is 1. The average Bonchev–Trinajstić information content (AvgIpc) is 2.47. The molecule has 1 aromatic carbocycles. The summed E-state index contributed by atoms with van der Waals surface area (Å²) < 4.78 is 0. The van der Waals surface area contributed by atoms with Gasteiger partial charge in [-0.25, -0.2) is 4.79 Å². The molecule has 2 atom stereocenters. The van der Waals surface area contributed by atoms with E-state index >= 15 is 0 Å². The van der Waals surface area contributed by atoms with Crippen LogP contribution in [-0.2, 0) is 6.42 Å². The predicted octanol–water partition coefficient (Wildman–Crippen LogP) is 3.30. The summed E-state index contributed by atoms with van der Waals surface area (Å²) in [6.45, 7) is 5.05. The van der Waals surface area contributed by atoms with Crippen LogP contribution in [0.2, 0.25) is 0 Å². The normalized spacial score (nSPS) is 20.1. The first-order valence-electron chi connectivity index (χ1n) is 7.91. The van der Waals surface area contributed by atoms with Crippen molar-refractivity contribution in [2.24, 2.45) is 0 Å². The first kappa shape index (κ1) is 15.7. The Kier molecular flexibility index (Phi) is 5.48. The van der Waals surface area contributed by atoms with E-state index in [4.69, 9.17) is 0 Å². The number of rotatable bonds is 4. The van der Waals surface area contributed by atoms with Gasteiger partial charge in [0.15, 0.2) is 0 Å². The fraction of sp³-hybridized carbons (Fsp3) is 0.588. The number of nitrogens with one attached hydrogen (secondary N) is 1. The van der Waals surface area contributed by atoms with E-state index in [2.05, 4.69) is 12.2 Å². The smallest absolute Gasteiger partial charge is 0.317 e. The summed E-state index contributed by atoms with van der Waals surface area (Å²) in [6, 6.07) is 7.83. The van der Waals surface area contributed by atoms with E-state index in [1.807, 2.05) is 24.0 Å². The molecule has 4 nitrogen and oxygen atoms in total. The lowest BCUT2D eigenvalue weighted by atomic mass is 10.0. The van der Waals surface area contributed by atoms with Crippen molar-refractivity contribution in [3.8, 4) is 5.75 Å². The number of nitrogens with zero attached hydrogens (tertiary/aromatic N) is 1. The Morgan fingerprint density at radius 1 is 1.38 bits per heavy atom. The standard InChI is InChI=1S/C17H26N2O2/c1-13(6-7-15-8-10-16(20)11-9-15)18-17(21)19-12-4-3-5-14(19)2/h8-11,13-14,20H,3-7,12H2,1-2H3,(H,18,21). The van der Waals surface area contributed by atoms with Gasteiger partial charge in [0.1, 0.15) is 5.75 Å². The van der Waals surface area contributed by atoms with Crippen molar-refractivity contribution in [1.82, 2.24) is 10.2 Å². The van der Waals surface area contributed by atoms with Gasteiger partial charge in [-0.2, -0.15) is 0 Å². The van der Waals surface area contributed by atoms with Crippen LogP contribution in [0, 0.1) is 0 Å². The van der Waals surface area contributed by atoms with Crippen LogP contribution in [0.15, 0.2) is 24.3 Å². The molecule has 1 heterocycles. The zero-order valence-electron chi connectivity index (χ0n) is 13.0. The maximum absolute atomic E-state index is 12.3. The zero-order valence-corrected chi connectivity index (χ0v) is 13.0. The van der Waals surface area contributed by atoms with E-state index < -0.39 is 0 Å².